The summed E-state index contributed by atoms with van der Waals surface area (Å²) in [6.07, 6.45) is 1.19. The molecule has 25 heavy (non-hydrogen) atoms. The third kappa shape index (κ3) is 17.7. The number of aliphatic hydroxyl groups is 1. The Hall–Kier alpha value is -2.45. The summed E-state index contributed by atoms with van der Waals surface area (Å²) in [6, 6.07) is 0. The number of ether oxygens (including phenoxy) is 4. The average molecular weight is 358 g/mol. The molecule has 1 N–H and O–H groups in total. The molecule has 1 rings (SSSR count). The zero-order valence-electron chi connectivity index (χ0n) is 14.9. The van der Waals surface area contributed by atoms with Crippen LogP contribution in [0, 0.1) is 0 Å². The number of epoxide rings is 1. The predicted molar refractivity (Wildman–Crippen MR) is 90.6 cm³/mol. The molecule has 0 spiro atoms. The van der Waals surface area contributed by atoms with Crippen molar-refractivity contribution >= 4 is 17.9 Å². The van der Waals surface area contributed by atoms with Crippen LogP contribution in [0.3, 0.4) is 0 Å². The van der Waals surface area contributed by atoms with Gasteiger partial charge in [-0.3, -0.25) is 0 Å². The maximum Gasteiger partial charge on any atom is 0.333 e. The van der Waals surface area contributed by atoms with Crippen molar-refractivity contribution in [2.24, 2.45) is 0 Å². The largest absolute Gasteiger partial charge is 0.466 e. The molecule has 1 heterocycles. The summed E-state index contributed by atoms with van der Waals surface area (Å²) in [4.78, 5) is 31.0. The first-order valence-corrected chi connectivity index (χ1v) is 7.27. The number of carbonyl (C=O) groups excluding carboxylic acids is 3. The molecule has 142 valence electrons. The van der Waals surface area contributed by atoms with Crippen LogP contribution >= 0.6 is 0 Å². The van der Waals surface area contributed by atoms with Crippen molar-refractivity contribution in [3.63, 3.8) is 0 Å². The molecular formula is C17H26O8. The molecule has 0 aromatic carbocycles. The van der Waals surface area contributed by atoms with E-state index in [4.69, 9.17) is 14.6 Å². The molecular weight excluding hydrogens is 332 g/mol. The third-order valence-electron chi connectivity index (χ3n) is 2.19. The molecule has 0 amide bonds. The van der Waals surface area contributed by atoms with Crippen LogP contribution in [0.2, 0.25) is 0 Å². The van der Waals surface area contributed by atoms with Gasteiger partial charge in [-0.15, -0.1) is 0 Å². The summed E-state index contributed by atoms with van der Waals surface area (Å²) in [7, 11) is 1.33. The molecule has 0 radical (unpaired) electrons. The highest BCUT2D eigenvalue weighted by Gasteiger charge is 2.24. The number of carbonyl (C=O) groups is 3. The third-order valence-corrected chi connectivity index (χ3v) is 2.19. The SMILES string of the molecule is C=C(C)C(=O)OC.C=C(C)C(=O)OCC1CO1.C=CC(=O)OCCO. The topological polar surface area (TPSA) is 112 Å². The van der Waals surface area contributed by atoms with Crippen LogP contribution < -0.4 is 0 Å². The second kappa shape index (κ2) is 15.1. The highest BCUT2D eigenvalue weighted by atomic mass is 16.6. The summed E-state index contributed by atoms with van der Waals surface area (Å²) in [6.45, 7) is 14.2. The lowest BCUT2D eigenvalue weighted by molar-refractivity contribution is -0.139. The van der Waals surface area contributed by atoms with Crippen molar-refractivity contribution in [3.8, 4) is 0 Å². The van der Waals surface area contributed by atoms with Crippen molar-refractivity contribution in [2.75, 3.05) is 33.5 Å². The van der Waals surface area contributed by atoms with Crippen molar-refractivity contribution in [1.82, 2.24) is 0 Å². The first kappa shape index (κ1) is 24.8. The fourth-order valence-corrected chi connectivity index (χ4v) is 0.835. The van der Waals surface area contributed by atoms with Crippen LogP contribution in [-0.4, -0.2) is 62.7 Å². The number of esters is 3. The van der Waals surface area contributed by atoms with E-state index in [0.717, 1.165) is 6.08 Å². The van der Waals surface area contributed by atoms with E-state index in [0.29, 0.717) is 24.4 Å². The number of hydrogen-bond donors (Lipinski definition) is 1. The maximum atomic E-state index is 10.7. The summed E-state index contributed by atoms with van der Waals surface area (Å²) in [5.41, 5.74) is 0.864. The van der Waals surface area contributed by atoms with Gasteiger partial charge in [-0.25, -0.2) is 14.4 Å². The molecule has 0 aromatic heterocycles. The zero-order valence-corrected chi connectivity index (χ0v) is 14.9. The Morgan fingerprint density at radius 3 is 1.96 bits per heavy atom. The maximum absolute atomic E-state index is 10.7. The molecule has 0 aromatic rings. The summed E-state index contributed by atoms with van der Waals surface area (Å²) in [5, 5.41) is 8.10. The smallest absolute Gasteiger partial charge is 0.333 e. The highest BCUT2D eigenvalue weighted by Crippen LogP contribution is 2.09. The number of hydrogen-bond acceptors (Lipinski definition) is 8. The molecule has 1 unspecified atom stereocenters. The molecule has 8 nitrogen and oxygen atoms in total. The Labute approximate surface area is 147 Å². The Morgan fingerprint density at radius 1 is 1.16 bits per heavy atom. The molecule has 8 heteroatoms. The minimum Gasteiger partial charge on any atom is -0.466 e. The second-order valence-corrected chi connectivity index (χ2v) is 4.70. The average Bonchev–Trinajstić information content (AvgIpc) is 3.41. The van der Waals surface area contributed by atoms with E-state index in [1.807, 2.05) is 0 Å². The monoisotopic (exact) mass is 358 g/mol. The Morgan fingerprint density at radius 2 is 1.68 bits per heavy atom. The minimum absolute atomic E-state index is 0.0465. The van der Waals surface area contributed by atoms with E-state index in [-0.39, 0.29) is 31.3 Å². The van der Waals surface area contributed by atoms with Gasteiger partial charge in [0.15, 0.2) is 0 Å². The van der Waals surface area contributed by atoms with Crippen LogP contribution in [0.25, 0.3) is 0 Å². The van der Waals surface area contributed by atoms with E-state index in [2.05, 4.69) is 29.2 Å². The van der Waals surface area contributed by atoms with Gasteiger partial charge < -0.3 is 24.1 Å². The fourth-order valence-electron chi connectivity index (χ4n) is 0.835. The summed E-state index contributed by atoms with van der Waals surface area (Å²) in [5.74, 6) is -1.19. The van der Waals surface area contributed by atoms with E-state index < -0.39 is 5.97 Å². The lowest BCUT2D eigenvalue weighted by Gasteiger charge is -1.99. The lowest BCUT2D eigenvalue weighted by Crippen LogP contribution is -2.09. The predicted octanol–water partition coefficient (Wildman–Crippen LogP) is 0.948. The van der Waals surface area contributed by atoms with Gasteiger partial charge in [-0.1, -0.05) is 19.7 Å². The summed E-state index contributed by atoms with van der Waals surface area (Å²) < 4.78 is 18.2. The lowest BCUT2D eigenvalue weighted by atomic mass is 10.4. The highest BCUT2D eigenvalue weighted by molar-refractivity contribution is 5.87. The number of aliphatic hydroxyl groups excluding tert-OH is 1. The van der Waals surface area contributed by atoms with Crippen molar-refractivity contribution < 1.29 is 38.4 Å². The molecule has 1 atom stereocenters. The first-order valence-electron chi connectivity index (χ1n) is 7.27. The molecule has 1 fully saturated rings. The van der Waals surface area contributed by atoms with E-state index in [1.54, 1.807) is 13.8 Å². The van der Waals surface area contributed by atoms with E-state index in [1.165, 1.54) is 7.11 Å². The van der Waals surface area contributed by atoms with Crippen LogP contribution in [0.1, 0.15) is 13.8 Å². The molecule has 1 aliphatic rings. The zero-order chi connectivity index (χ0) is 19.8. The normalized spacial score (nSPS) is 13.5. The fraction of sp³-hybridized carbons (Fsp3) is 0.471. The Bertz CT molecular complexity index is 477. The molecule has 1 saturated heterocycles. The molecule has 0 saturated carbocycles. The van der Waals surface area contributed by atoms with Gasteiger partial charge in [0.25, 0.3) is 0 Å². The summed E-state index contributed by atoms with van der Waals surface area (Å²) >= 11 is 0. The van der Waals surface area contributed by atoms with Gasteiger partial charge >= 0.3 is 17.9 Å². The van der Waals surface area contributed by atoms with Gasteiger partial charge in [0.05, 0.1) is 20.3 Å². The Kier molecular flexibility index (Phi) is 15.0. The van der Waals surface area contributed by atoms with Crippen molar-refractivity contribution in [1.29, 1.82) is 0 Å². The number of rotatable bonds is 7. The standard InChI is InChI=1S/C7H10O3.C5H8O3.C5H8O2/c1-5(2)7(8)10-4-6-3-9-6;1-2-5(7)8-4-3-6;1-4(2)5(6)7-3/h6H,1,3-4H2,2H3;2,6H,1,3-4H2;1H2,2-3H3. The van der Waals surface area contributed by atoms with Gasteiger partial charge in [0.2, 0.25) is 0 Å². The molecule has 0 aliphatic carbocycles. The van der Waals surface area contributed by atoms with Gasteiger partial charge in [-0.05, 0) is 13.8 Å². The number of methoxy groups -OCH3 is 1. The quantitative estimate of drug-likeness (QED) is 0.310. The van der Waals surface area contributed by atoms with Crippen LogP contribution in [0.15, 0.2) is 37.0 Å². The minimum atomic E-state index is -0.501. The van der Waals surface area contributed by atoms with E-state index in [9.17, 15) is 14.4 Å². The van der Waals surface area contributed by atoms with Gasteiger partial charge in [0, 0.05) is 17.2 Å². The van der Waals surface area contributed by atoms with E-state index >= 15 is 0 Å². The Balaban J connectivity index is 0. The molecule has 0 bridgehead atoms. The first-order chi connectivity index (χ1) is 11.7. The van der Waals surface area contributed by atoms with Gasteiger partial charge in [-0.2, -0.15) is 0 Å². The van der Waals surface area contributed by atoms with Crippen molar-refractivity contribution in [2.45, 2.75) is 20.0 Å². The van der Waals surface area contributed by atoms with Gasteiger partial charge in [0.1, 0.15) is 19.3 Å². The van der Waals surface area contributed by atoms with Crippen LogP contribution in [0.5, 0.6) is 0 Å². The van der Waals surface area contributed by atoms with Crippen LogP contribution in [-0.2, 0) is 33.3 Å². The molecule has 1 aliphatic heterocycles. The second-order valence-electron chi connectivity index (χ2n) is 4.70. The van der Waals surface area contributed by atoms with Crippen molar-refractivity contribution in [3.05, 3.63) is 37.0 Å². The van der Waals surface area contributed by atoms with Crippen LogP contribution in [0.4, 0.5) is 0 Å².